The van der Waals surface area contributed by atoms with Crippen molar-refractivity contribution in [1.82, 2.24) is 0 Å². The second kappa shape index (κ2) is 6.64. The maximum absolute atomic E-state index is 9.44. The van der Waals surface area contributed by atoms with Crippen LogP contribution >= 0.6 is 0 Å². The summed E-state index contributed by atoms with van der Waals surface area (Å²) in [6.45, 7) is 0.763. The monoisotopic (exact) mass is 249 g/mol. The van der Waals surface area contributed by atoms with Gasteiger partial charge in [0.15, 0.2) is 0 Å². The third-order valence-corrected chi connectivity index (χ3v) is 3.67. The van der Waals surface area contributed by atoms with E-state index in [1.54, 1.807) is 0 Å². The van der Waals surface area contributed by atoms with Crippen LogP contribution in [0.5, 0.6) is 5.75 Å². The van der Waals surface area contributed by atoms with Crippen molar-refractivity contribution in [2.45, 2.75) is 44.6 Å². The molecule has 0 radical (unpaired) electrons. The predicted octanol–water partition coefficient (Wildman–Crippen LogP) is 2.98. The minimum Gasteiger partial charge on any atom is -0.494 e. The van der Waals surface area contributed by atoms with Gasteiger partial charge in [-0.15, -0.1) is 0 Å². The molecule has 2 rings (SSSR count). The van der Waals surface area contributed by atoms with Crippen molar-refractivity contribution >= 4 is 5.69 Å². The summed E-state index contributed by atoms with van der Waals surface area (Å²) in [6.07, 6.45) is 6.64. The Kier molecular flexibility index (Phi) is 4.88. The van der Waals surface area contributed by atoms with Crippen molar-refractivity contribution in [3.8, 4) is 5.75 Å². The van der Waals surface area contributed by atoms with E-state index in [1.165, 1.54) is 19.3 Å². The molecule has 3 heteroatoms. The normalized spacial score (nSPS) is 23.2. The molecule has 0 aliphatic heterocycles. The molecule has 1 aliphatic carbocycles. The summed E-state index contributed by atoms with van der Waals surface area (Å²) in [5.41, 5.74) is 6.37. The van der Waals surface area contributed by atoms with Crippen LogP contribution in [0.2, 0.25) is 0 Å². The Labute approximate surface area is 109 Å². The van der Waals surface area contributed by atoms with E-state index in [9.17, 15) is 5.11 Å². The Morgan fingerprint density at radius 3 is 2.61 bits per heavy atom. The highest BCUT2D eigenvalue weighted by Crippen LogP contribution is 2.29. The number of ether oxygens (including phenoxy) is 1. The average Bonchev–Trinajstić information content (AvgIpc) is 2.77. The molecule has 100 valence electrons. The maximum atomic E-state index is 9.44. The molecule has 2 unspecified atom stereocenters. The largest absolute Gasteiger partial charge is 0.494 e. The van der Waals surface area contributed by atoms with Gasteiger partial charge in [-0.1, -0.05) is 6.42 Å². The van der Waals surface area contributed by atoms with E-state index in [4.69, 9.17) is 10.5 Å². The number of anilines is 1. The summed E-state index contributed by atoms with van der Waals surface area (Å²) in [4.78, 5) is 0. The molecule has 1 aliphatic rings. The molecule has 0 spiro atoms. The van der Waals surface area contributed by atoms with Crippen molar-refractivity contribution in [2.24, 2.45) is 5.92 Å². The number of aliphatic hydroxyl groups is 1. The predicted molar refractivity (Wildman–Crippen MR) is 73.5 cm³/mol. The first kappa shape index (κ1) is 13.2. The summed E-state index contributed by atoms with van der Waals surface area (Å²) in [5.74, 6) is 1.62. The van der Waals surface area contributed by atoms with Crippen molar-refractivity contribution < 1.29 is 9.84 Å². The fourth-order valence-corrected chi connectivity index (χ4v) is 2.60. The van der Waals surface area contributed by atoms with Crippen molar-refractivity contribution in [3.63, 3.8) is 0 Å². The van der Waals surface area contributed by atoms with Crippen LogP contribution in [0.4, 0.5) is 5.69 Å². The lowest BCUT2D eigenvalue weighted by molar-refractivity contribution is 0.176. The number of unbranched alkanes of at least 4 members (excludes halogenated alkanes) is 1. The molecule has 3 nitrogen and oxygen atoms in total. The Morgan fingerprint density at radius 1 is 1.17 bits per heavy atom. The van der Waals surface area contributed by atoms with Crippen molar-refractivity contribution in [2.75, 3.05) is 12.3 Å². The second-order valence-electron chi connectivity index (χ2n) is 5.25. The van der Waals surface area contributed by atoms with Crippen LogP contribution in [-0.2, 0) is 0 Å². The van der Waals surface area contributed by atoms with E-state index in [1.807, 2.05) is 24.3 Å². The third kappa shape index (κ3) is 4.22. The number of aliphatic hydroxyl groups excluding tert-OH is 1. The molecule has 0 heterocycles. The Hall–Kier alpha value is -1.22. The van der Waals surface area contributed by atoms with Gasteiger partial charge in [0.2, 0.25) is 0 Å². The zero-order valence-electron chi connectivity index (χ0n) is 10.8. The first-order chi connectivity index (χ1) is 8.74. The van der Waals surface area contributed by atoms with Crippen LogP contribution in [0.3, 0.4) is 0 Å². The first-order valence-corrected chi connectivity index (χ1v) is 6.90. The number of nitrogens with two attached hydrogens (primary N) is 1. The molecule has 3 N–H and O–H groups in total. The van der Waals surface area contributed by atoms with E-state index in [0.717, 1.165) is 43.2 Å². The number of hydrogen-bond donors (Lipinski definition) is 2. The molecule has 1 saturated carbocycles. The van der Waals surface area contributed by atoms with Crippen LogP contribution in [-0.4, -0.2) is 17.8 Å². The van der Waals surface area contributed by atoms with Crippen molar-refractivity contribution in [1.29, 1.82) is 0 Å². The summed E-state index contributed by atoms with van der Waals surface area (Å²) in [6, 6.07) is 7.52. The number of benzene rings is 1. The highest BCUT2D eigenvalue weighted by molar-refractivity contribution is 5.41. The fraction of sp³-hybridized carbons (Fsp3) is 0.600. The van der Waals surface area contributed by atoms with E-state index in [-0.39, 0.29) is 6.10 Å². The van der Waals surface area contributed by atoms with Gasteiger partial charge in [0.25, 0.3) is 0 Å². The molecule has 18 heavy (non-hydrogen) atoms. The minimum absolute atomic E-state index is 0.0407. The van der Waals surface area contributed by atoms with Gasteiger partial charge in [-0.05, 0) is 62.3 Å². The Bertz CT molecular complexity index is 350. The molecule has 0 bridgehead atoms. The lowest BCUT2D eigenvalue weighted by atomic mass is 10.0. The molecule has 0 aromatic heterocycles. The van der Waals surface area contributed by atoms with Gasteiger partial charge in [-0.3, -0.25) is 0 Å². The van der Waals surface area contributed by atoms with Gasteiger partial charge in [0, 0.05) is 5.69 Å². The van der Waals surface area contributed by atoms with Crippen LogP contribution in [0.25, 0.3) is 0 Å². The summed E-state index contributed by atoms with van der Waals surface area (Å²) in [5, 5.41) is 9.44. The van der Waals surface area contributed by atoms with E-state index in [0.29, 0.717) is 0 Å². The quantitative estimate of drug-likeness (QED) is 0.602. The highest BCUT2D eigenvalue weighted by atomic mass is 16.5. The molecule has 1 aromatic rings. The van der Waals surface area contributed by atoms with Gasteiger partial charge in [-0.2, -0.15) is 0 Å². The van der Waals surface area contributed by atoms with Gasteiger partial charge >= 0.3 is 0 Å². The first-order valence-electron chi connectivity index (χ1n) is 6.90. The highest BCUT2D eigenvalue weighted by Gasteiger charge is 2.21. The molecule has 0 amide bonds. The van der Waals surface area contributed by atoms with Gasteiger partial charge in [0.1, 0.15) is 5.75 Å². The standard InChI is InChI=1S/C15H23NO2/c16-13-5-8-15(9-6-13)18-10-2-1-3-12-4-7-14(17)11-12/h5-6,8-9,12,14,17H,1-4,7,10-11,16H2. The summed E-state index contributed by atoms with van der Waals surface area (Å²) < 4.78 is 5.64. The number of hydrogen-bond acceptors (Lipinski definition) is 3. The molecule has 1 aromatic carbocycles. The Balaban J connectivity index is 1.55. The van der Waals surface area contributed by atoms with Crippen LogP contribution < -0.4 is 10.5 Å². The van der Waals surface area contributed by atoms with Gasteiger partial charge < -0.3 is 15.6 Å². The zero-order valence-corrected chi connectivity index (χ0v) is 10.8. The lowest BCUT2D eigenvalue weighted by Crippen LogP contribution is -2.02. The maximum Gasteiger partial charge on any atom is 0.119 e. The van der Waals surface area contributed by atoms with Crippen LogP contribution in [0, 0.1) is 5.92 Å². The Morgan fingerprint density at radius 2 is 1.94 bits per heavy atom. The third-order valence-electron chi connectivity index (χ3n) is 3.67. The van der Waals surface area contributed by atoms with E-state index in [2.05, 4.69) is 0 Å². The summed E-state index contributed by atoms with van der Waals surface area (Å²) >= 11 is 0. The van der Waals surface area contributed by atoms with Crippen LogP contribution in [0.1, 0.15) is 38.5 Å². The SMILES string of the molecule is Nc1ccc(OCCCCC2CCC(O)C2)cc1. The summed E-state index contributed by atoms with van der Waals surface area (Å²) in [7, 11) is 0. The second-order valence-corrected chi connectivity index (χ2v) is 5.25. The molecule has 2 atom stereocenters. The molecule has 1 fully saturated rings. The lowest BCUT2D eigenvalue weighted by Gasteiger charge is -2.09. The number of nitrogen functional groups attached to an aromatic ring is 1. The molecular formula is C15H23NO2. The average molecular weight is 249 g/mol. The topological polar surface area (TPSA) is 55.5 Å². The van der Waals surface area contributed by atoms with Gasteiger partial charge in [0.05, 0.1) is 12.7 Å². The molecule has 0 saturated heterocycles. The van der Waals surface area contributed by atoms with E-state index < -0.39 is 0 Å². The van der Waals surface area contributed by atoms with E-state index >= 15 is 0 Å². The fourth-order valence-electron chi connectivity index (χ4n) is 2.60. The van der Waals surface area contributed by atoms with Crippen molar-refractivity contribution in [3.05, 3.63) is 24.3 Å². The number of rotatable bonds is 6. The van der Waals surface area contributed by atoms with Crippen LogP contribution in [0.15, 0.2) is 24.3 Å². The van der Waals surface area contributed by atoms with Gasteiger partial charge in [-0.25, -0.2) is 0 Å². The minimum atomic E-state index is -0.0407. The smallest absolute Gasteiger partial charge is 0.119 e. The molecular weight excluding hydrogens is 226 g/mol. The zero-order chi connectivity index (χ0) is 12.8.